The first kappa shape index (κ1) is 20.1. The van der Waals surface area contributed by atoms with E-state index in [0.717, 1.165) is 11.1 Å². The van der Waals surface area contributed by atoms with Gasteiger partial charge in [-0.25, -0.2) is 13.4 Å². The molecule has 0 aliphatic heterocycles. The molecule has 0 aliphatic rings. The highest BCUT2D eigenvalue weighted by atomic mass is 35.5. The number of imidazole rings is 1. The van der Waals surface area contributed by atoms with E-state index in [1.165, 1.54) is 0 Å². The largest absolute Gasteiger partial charge is 0.330 e. The third-order valence-corrected chi connectivity index (χ3v) is 5.96. The third-order valence-electron chi connectivity index (χ3n) is 4.15. The van der Waals surface area contributed by atoms with Crippen LogP contribution in [0.15, 0.2) is 60.9 Å². The molecule has 6 nitrogen and oxygen atoms in total. The molecule has 0 aliphatic carbocycles. The number of sulfone groups is 1. The summed E-state index contributed by atoms with van der Waals surface area (Å²) >= 11 is 6.03. The Labute approximate surface area is 169 Å². The molecule has 28 heavy (non-hydrogen) atoms. The highest BCUT2D eigenvalue weighted by Crippen LogP contribution is 2.20. The SMILES string of the molecule is Cc1ccc(NC(=O)CS(=O)(=O)Cc2nccn2Cc2ccccc2)cc1Cl. The van der Waals surface area contributed by atoms with E-state index in [0.29, 0.717) is 23.1 Å². The monoisotopic (exact) mass is 417 g/mol. The first-order valence-corrected chi connectivity index (χ1v) is 10.8. The maximum absolute atomic E-state index is 12.5. The average molecular weight is 418 g/mol. The molecule has 0 saturated carbocycles. The zero-order valence-corrected chi connectivity index (χ0v) is 16.9. The number of anilines is 1. The quantitative estimate of drug-likeness (QED) is 0.638. The molecule has 1 aromatic heterocycles. The summed E-state index contributed by atoms with van der Waals surface area (Å²) in [6.45, 7) is 2.36. The number of hydrogen-bond donors (Lipinski definition) is 1. The Morgan fingerprint density at radius 3 is 2.64 bits per heavy atom. The Hall–Kier alpha value is -2.64. The summed E-state index contributed by atoms with van der Waals surface area (Å²) in [5.41, 5.74) is 2.37. The van der Waals surface area contributed by atoms with Gasteiger partial charge in [0, 0.05) is 29.6 Å². The predicted molar refractivity (Wildman–Crippen MR) is 110 cm³/mol. The number of aromatic nitrogens is 2. The second kappa shape index (κ2) is 8.58. The van der Waals surface area contributed by atoms with Gasteiger partial charge in [0.05, 0.1) is 0 Å². The van der Waals surface area contributed by atoms with Crippen molar-refractivity contribution in [1.82, 2.24) is 9.55 Å². The zero-order chi connectivity index (χ0) is 20.1. The predicted octanol–water partition coefficient (Wildman–Crippen LogP) is 3.45. The Kier molecular flexibility index (Phi) is 6.16. The smallest absolute Gasteiger partial charge is 0.239 e. The number of nitrogens with zero attached hydrogens (tertiary/aromatic N) is 2. The van der Waals surface area contributed by atoms with E-state index in [2.05, 4.69) is 10.3 Å². The van der Waals surface area contributed by atoms with Crippen molar-refractivity contribution in [1.29, 1.82) is 0 Å². The molecule has 3 rings (SSSR count). The third kappa shape index (κ3) is 5.43. The summed E-state index contributed by atoms with van der Waals surface area (Å²) in [7, 11) is -3.69. The molecule has 0 saturated heterocycles. The zero-order valence-electron chi connectivity index (χ0n) is 15.3. The van der Waals surface area contributed by atoms with Gasteiger partial charge in [0.25, 0.3) is 0 Å². The van der Waals surface area contributed by atoms with E-state index >= 15 is 0 Å². The molecule has 8 heteroatoms. The number of hydrogen-bond acceptors (Lipinski definition) is 4. The van der Waals surface area contributed by atoms with Crippen LogP contribution in [0.2, 0.25) is 5.02 Å². The lowest BCUT2D eigenvalue weighted by Crippen LogP contribution is -2.25. The van der Waals surface area contributed by atoms with Crippen LogP contribution in [-0.4, -0.2) is 29.6 Å². The van der Waals surface area contributed by atoms with Crippen LogP contribution in [-0.2, 0) is 26.9 Å². The highest BCUT2D eigenvalue weighted by Gasteiger charge is 2.20. The van der Waals surface area contributed by atoms with Crippen molar-refractivity contribution in [2.75, 3.05) is 11.1 Å². The summed E-state index contributed by atoms with van der Waals surface area (Å²) in [5, 5.41) is 3.07. The van der Waals surface area contributed by atoms with Crippen LogP contribution >= 0.6 is 11.6 Å². The van der Waals surface area contributed by atoms with Gasteiger partial charge in [-0.05, 0) is 30.2 Å². The van der Waals surface area contributed by atoms with E-state index in [9.17, 15) is 13.2 Å². The van der Waals surface area contributed by atoms with Crippen LogP contribution in [0.4, 0.5) is 5.69 Å². The Balaban J connectivity index is 1.65. The van der Waals surface area contributed by atoms with E-state index in [1.54, 1.807) is 35.2 Å². The Morgan fingerprint density at radius 2 is 1.93 bits per heavy atom. The average Bonchev–Trinajstić information content (AvgIpc) is 3.04. The van der Waals surface area contributed by atoms with Gasteiger partial charge < -0.3 is 9.88 Å². The maximum atomic E-state index is 12.5. The number of nitrogens with one attached hydrogen (secondary N) is 1. The number of carbonyl (C=O) groups is 1. The highest BCUT2D eigenvalue weighted by molar-refractivity contribution is 7.91. The molecular weight excluding hydrogens is 398 g/mol. The standard InChI is InChI=1S/C20H20ClN3O3S/c1-15-7-8-17(11-18(15)21)23-20(25)14-28(26,27)13-19-22-9-10-24(19)12-16-5-3-2-4-6-16/h2-11H,12-14H2,1H3,(H,23,25). The molecule has 1 amide bonds. The molecule has 0 radical (unpaired) electrons. The van der Waals surface area contributed by atoms with Crippen molar-refractivity contribution in [2.24, 2.45) is 0 Å². The molecule has 0 spiro atoms. The van der Waals surface area contributed by atoms with Crippen LogP contribution in [0.5, 0.6) is 0 Å². The van der Waals surface area contributed by atoms with Crippen LogP contribution in [0.25, 0.3) is 0 Å². The van der Waals surface area contributed by atoms with Crippen molar-refractivity contribution >= 4 is 33.0 Å². The summed E-state index contributed by atoms with van der Waals surface area (Å²) in [4.78, 5) is 16.3. The fourth-order valence-electron chi connectivity index (χ4n) is 2.72. The first-order chi connectivity index (χ1) is 13.3. The van der Waals surface area contributed by atoms with Crippen LogP contribution < -0.4 is 5.32 Å². The lowest BCUT2D eigenvalue weighted by molar-refractivity contribution is -0.113. The Morgan fingerprint density at radius 1 is 1.18 bits per heavy atom. The molecular formula is C20H20ClN3O3S. The number of rotatable bonds is 7. The molecule has 2 aromatic carbocycles. The van der Waals surface area contributed by atoms with E-state index in [-0.39, 0.29) is 5.75 Å². The molecule has 0 fully saturated rings. The van der Waals surface area contributed by atoms with E-state index < -0.39 is 21.5 Å². The van der Waals surface area contributed by atoms with Gasteiger partial charge in [0.15, 0.2) is 9.84 Å². The Bertz CT molecular complexity index is 1080. The molecule has 3 aromatic rings. The normalized spacial score (nSPS) is 11.4. The van der Waals surface area contributed by atoms with Gasteiger partial charge in [0.1, 0.15) is 17.3 Å². The summed E-state index contributed by atoms with van der Waals surface area (Å²) < 4.78 is 26.7. The first-order valence-electron chi connectivity index (χ1n) is 8.63. The lowest BCUT2D eigenvalue weighted by Gasteiger charge is -2.10. The second-order valence-corrected chi connectivity index (χ2v) is 8.97. The number of benzene rings is 2. The second-order valence-electron chi connectivity index (χ2n) is 6.50. The van der Waals surface area contributed by atoms with Gasteiger partial charge in [-0.1, -0.05) is 48.0 Å². The maximum Gasteiger partial charge on any atom is 0.239 e. The molecule has 0 unspecified atom stereocenters. The number of aryl methyl sites for hydroxylation is 1. The van der Waals surface area contributed by atoms with Gasteiger partial charge in [-0.3, -0.25) is 4.79 Å². The summed E-state index contributed by atoms with van der Waals surface area (Å²) in [6, 6.07) is 14.7. The molecule has 1 heterocycles. The lowest BCUT2D eigenvalue weighted by atomic mass is 10.2. The number of carbonyl (C=O) groups excluding carboxylic acids is 1. The fourth-order valence-corrected chi connectivity index (χ4v) is 4.11. The van der Waals surface area contributed by atoms with E-state index in [4.69, 9.17) is 11.6 Å². The van der Waals surface area contributed by atoms with Crippen molar-refractivity contribution in [3.63, 3.8) is 0 Å². The number of amides is 1. The summed E-state index contributed by atoms with van der Waals surface area (Å²) in [5.74, 6) is -1.15. The minimum atomic E-state index is -3.69. The van der Waals surface area contributed by atoms with Crippen molar-refractivity contribution in [3.8, 4) is 0 Å². The minimum Gasteiger partial charge on any atom is -0.330 e. The number of halogens is 1. The van der Waals surface area contributed by atoms with Crippen molar-refractivity contribution in [3.05, 3.63) is 82.9 Å². The van der Waals surface area contributed by atoms with Crippen LogP contribution in [0.3, 0.4) is 0 Å². The van der Waals surface area contributed by atoms with Gasteiger partial charge in [0.2, 0.25) is 5.91 Å². The molecule has 0 atom stereocenters. The van der Waals surface area contributed by atoms with Crippen molar-refractivity contribution in [2.45, 2.75) is 19.2 Å². The molecule has 1 N–H and O–H groups in total. The summed E-state index contributed by atoms with van der Waals surface area (Å²) in [6.07, 6.45) is 3.29. The van der Waals surface area contributed by atoms with Crippen LogP contribution in [0, 0.1) is 6.92 Å². The molecule has 0 bridgehead atoms. The fraction of sp³-hybridized carbons (Fsp3) is 0.200. The van der Waals surface area contributed by atoms with Crippen molar-refractivity contribution < 1.29 is 13.2 Å². The van der Waals surface area contributed by atoms with Gasteiger partial charge in [-0.15, -0.1) is 0 Å². The van der Waals surface area contributed by atoms with E-state index in [1.807, 2.05) is 37.3 Å². The van der Waals surface area contributed by atoms with Crippen LogP contribution in [0.1, 0.15) is 17.0 Å². The topological polar surface area (TPSA) is 81.1 Å². The van der Waals surface area contributed by atoms with Gasteiger partial charge >= 0.3 is 0 Å². The minimum absolute atomic E-state index is 0.311. The molecule has 146 valence electrons. The van der Waals surface area contributed by atoms with Gasteiger partial charge in [-0.2, -0.15) is 0 Å².